The van der Waals surface area contributed by atoms with Crippen molar-refractivity contribution in [1.29, 1.82) is 0 Å². The van der Waals surface area contributed by atoms with Gasteiger partial charge in [-0.15, -0.1) is 0 Å². The number of fused-ring (bicyclic) bond motifs is 1. The molecule has 14 heavy (non-hydrogen) atoms. The standard InChI is InChI=1S/C11H13NO2/c1-7-5-8(13)6-10-9(7)3-4-11(14)12(10)2/h5-6,13H,3-4H2,1-2H3. The second-order valence-electron chi connectivity index (χ2n) is 3.71. The van der Waals surface area contributed by atoms with Gasteiger partial charge in [0, 0.05) is 19.5 Å². The maximum Gasteiger partial charge on any atom is 0.227 e. The number of anilines is 1. The molecule has 0 fully saturated rings. The quantitative estimate of drug-likeness (QED) is 0.676. The van der Waals surface area contributed by atoms with E-state index in [4.69, 9.17) is 0 Å². The number of carbonyl (C=O) groups is 1. The van der Waals surface area contributed by atoms with Crippen LogP contribution < -0.4 is 4.90 Å². The molecule has 0 atom stereocenters. The summed E-state index contributed by atoms with van der Waals surface area (Å²) < 4.78 is 0. The van der Waals surface area contributed by atoms with Crippen molar-refractivity contribution in [3.05, 3.63) is 23.3 Å². The molecule has 1 aliphatic rings. The third kappa shape index (κ3) is 1.25. The number of rotatable bonds is 0. The van der Waals surface area contributed by atoms with Crippen molar-refractivity contribution in [2.24, 2.45) is 0 Å². The number of aryl methyl sites for hydroxylation is 1. The topological polar surface area (TPSA) is 40.5 Å². The summed E-state index contributed by atoms with van der Waals surface area (Å²) in [6, 6.07) is 3.39. The van der Waals surface area contributed by atoms with Crippen molar-refractivity contribution in [3.63, 3.8) is 0 Å². The Hall–Kier alpha value is -1.51. The van der Waals surface area contributed by atoms with Gasteiger partial charge in [-0.3, -0.25) is 4.79 Å². The molecule has 2 rings (SSSR count). The number of aromatic hydroxyl groups is 1. The lowest BCUT2D eigenvalue weighted by molar-refractivity contribution is -0.118. The van der Waals surface area contributed by atoms with Crippen LogP contribution in [0.2, 0.25) is 0 Å². The van der Waals surface area contributed by atoms with Gasteiger partial charge in [-0.25, -0.2) is 0 Å². The van der Waals surface area contributed by atoms with Crippen LogP contribution in [0, 0.1) is 6.92 Å². The van der Waals surface area contributed by atoms with E-state index in [1.54, 1.807) is 24.1 Å². The maximum absolute atomic E-state index is 11.4. The summed E-state index contributed by atoms with van der Waals surface area (Å²) in [7, 11) is 1.75. The largest absolute Gasteiger partial charge is 0.508 e. The Morgan fingerprint density at radius 2 is 2.07 bits per heavy atom. The van der Waals surface area contributed by atoms with Crippen LogP contribution in [0.4, 0.5) is 5.69 Å². The molecule has 0 aromatic heterocycles. The zero-order chi connectivity index (χ0) is 10.3. The van der Waals surface area contributed by atoms with E-state index in [9.17, 15) is 9.90 Å². The van der Waals surface area contributed by atoms with E-state index in [0.717, 1.165) is 17.7 Å². The molecule has 1 aliphatic heterocycles. The highest BCUT2D eigenvalue weighted by atomic mass is 16.3. The molecule has 1 heterocycles. The predicted octanol–water partition coefficient (Wildman–Crippen LogP) is 1.61. The fourth-order valence-corrected chi connectivity index (χ4v) is 1.94. The number of nitrogens with zero attached hydrogens (tertiary/aromatic N) is 1. The van der Waals surface area contributed by atoms with Gasteiger partial charge < -0.3 is 10.0 Å². The van der Waals surface area contributed by atoms with E-state index in [0.29, 0.717) is 6.42 Å². The number of phenolic OH excluding ortho intramolecular Hbond substituents is 1. The smallest absolute Gasteiger partial charge is 0.227 e. The Labute approximate surface area is 83.0 Å². The Bertz CT molecular complexity index is 399. The lowest BCUT2D eigenvalue weighted by atomic mass is 9.97. The summed E-state index contributed by atoms with van der Waals surface area (Å²) in [6.07, 6.45) is 1.35. The zero-order valence-electron chi connectivity index (χ0n) is 8.37. The first-order valence-electron chi connectivity index (χ1n) is 4.68. The molecule has 3 nitrogen and oxygen atoms in total. The second-order valence-corrected chi connectivity index (χ2v) is 3.71. The van der Waals surface area contributed by atoms with Crippen molar-refractivity contribution < 1.29 is 9.90 Å². The summed E-state index contributed by atoms with van der Waals surface area (Å²) >= 11 is 0. The van der Waals surface area contributed by atoms with E-state index in [2.05, 4.69) is 0 Å². The highest BCUT2D eigenvalue weighted by Gasteiger charge is 2.22. The van der Waals surface area contributed by atoms with Crippen LogP contribution in [-0.2, 0) is 11.2 Å². The first-order chi connectivity index (χ1) is 6.59. The first-order valence-corrected chi connectivity index (χ1v) is 4.68. The molecular formula is C11H13NO2. The highest BCUT2D eigenvalue weighted by Crippen LogP contribution is 2.32. The minimum absolute atomic E-state index is 0.113. The second kappa shape index (κ2) is 3.01. The fourth-order valence-electron chi connectivity index (χ4n) is 1.94. The Balaban J connectivity index is 2.59. The molecule has 1 aromatic rings. The van der Waals surface area contributed by atoms with Gasteiger partial charge in [-0.1, -0.05) is 0 Å². The fraction of sp³-hybridized carbons (Fsp3) is 0.364. The molecule has 0 saturated carbocycles. The third-order valence-electron chi connectivity index (χ3n) is 2.76. The monoisotopic (exact) mass is 191 g/mol. The molecule has 3 heteroatoms. The number of carbonyl (C=O) groups excluding carboxylic acids is 1. The van der Waals surface area contributed by atoms with Gasteiger partial charge in [0.25, 0.3) is 0 Å². The summed E-state index contributed by atoms with van der Waals surface area (Å²) in [6.45, 7) is 1.96. The average molecular weight is 191 g/mol. The van der Waals surface area contributed by atoms with Crippen molar-refractivity contribution in [3.8, 4) is 5.75 Å². The van der Waals surface area contributed by atoms with E-state index in [-0.39, 0.29) is 11.7 Å². The lowest BCUT2D eigenvalue weighted by Crippen LogP contribution is -2.31. The summed E-state index contributed by atoms with van der Waals surface area (Å²) in [5.74, 6) is 0.338. The molecular weight excluding hydrogens is 178 g/mol. The Morgan fingerprint density at radius 3 is 2.79 bits per heavy atom. The molecule has 1 aromatic carbocycles. The molecule has 74 valence electrons. The van der Waals surface area contributed by atoms with Crippen molar-refractivity contribution in [2.45, 2.75) is 19.8 Å². The van der Waals surface area contributed by atoms with Gasteiger partial charge in [0.15, 0.2) is 0 Å². The van der Waals surface area contributed by atoms with Crippen LogP contribution in [0.5, 0.6) is 5.75 Å². The lowest BCUT2D eigenvalue weighted by Gasteiger charge is -2.27. The number of hydrogen-bond donors (Lipinski definition) is 1. The Kier molecular flexibility index (Phi) is 1.95. The van der Waals surface area contributed by atoms with Gasteiger partial charge >= 0.3 is 0 Å². The number of amides is 1. The van der Waals surface area contributed by atoms with E-state index < -0.39 is 0 Å². The van der Waals surface area contributed by atoms with Gasteiger partial charge in [0.1, 0.15) is 5.75 Å². The SMILES string of the molecule is Cc1cc(O)cc2c1CCC(=O)N2C. The average Bonchev–Trinajstić information content (AvgIpc) is 2.12. The normalized spacial score (nSPS) is 15.6. The van der Waals surface area contributed by atoms with Crippen LogP contribution >= 0.6 is 0 Å². The molecule has 0 spiro atoms. The molecule has 0 saturated heterocycles. The van der Waals surface area contributed by atoms with Crippen LogP contribution in [-0.4, -0.2) is 18.1 Å². The predicted molar refractivity (Wildman–Crippen MR) is 54.6 cm³/mol. The van der Waals surface area contributed by atoms with Crippen LogP contribution in [0.15, 0.2) is 12.1 Å². The van der Waals surface area contributed by atoms with E-state index in [1.165, 1.54) is 5.56 Å². The number of phenols is 1. The summed E-state index contributed by atoms with van der Waals surface area (Å²) in [4.78, 5) is 13.0. The molecule has 0 bridgehead atoms. The maximum atomic E-state index is 11.4. The molecule has 1 amide bonds. The van der Waals surface area contributed by atoms with Crippen LogP contribution in [0.25, 0.3) is 0 Å². The summed E-state index contributed by atoms with van der Waals surface area (Å²) in [5, 5.41) is 9.44. The van der Waals surface area contributed by atoms with Crippen LogP contribution in [0.1, 0.15) is 17.5 Å². The molecule has 0 unspecified atom stereocenters. The van der Waals surface area contributed by atoms with Gasteiger partial charge in [0.2, 0.25) is 5.91 Å². The van der Waals surface area contributed by atoms with Gasteiger partial charge in [0.05, 0.1) is 5.69 Å². The first kappa shape index (κ1) is 9.06. The number of benzene rings is 1. The minimum Gasteiger partial charge on any atom is -0.508 e. The van der Waals surface area contributed by atoms with E-state index in [1.807, 2.05) is 6.92 Å². The molecule has 1 N–H and O–H groups in total. The molecule has 0 radical (unpaired) electrons. The minimum atomic E-state index is 0.113. The summed E-state index contributed by atoms with van der Waals surface area (Å²) in [5.41, 5.74) is 3.07. The number of hydrogen-bond acceptors (Lipinski definition) is 2. The molecule has 0 aliphatic carbocycles. The van der Waals surface area contributed by atoms with Crippen molar-refractivity contribution >= 4 is 11.6 Å². The van der Waals surface area contributed by atoms with Crippen LogP contribution in [0.3, 0.4) is 0 Å². The van der Waals surface area contributed by atoms with Gasteiger partial charge in [-0.2, -0.15) is 0 Å². The highest BCUT2D eigenvalue weighted by molar-refractivity contribution is 5.96. The third-order valence-corrected chi connectivity index (χ3v) is 2.76. The van der Waals surface area contributed by atoms with Crippen molar-refractivity contribution in [1.82, 2.24) is 0 Å². The van der Waals surface area contributed by atoms with Crippen molar-refractivity contribution in [2.75, 3.05) is 11.9 Å². The zero-order valence-corrected chi connectivity index (χ0v) is 8.37. The van der Waals surface area contributed by atoms with Gasteiger partial charge in [-0.05, 0) is 30.5 Å². The Morgan fingerprint density at radius 1 is 1.36 bits per heavy atom. The van der Waals surface area contributed by atoms with E-state index >= 15 is 0 Å².